The molecule has 0 aliphatic carbocycles. The lowest BCUT2D eigenvalue weighted by Crippen LogP contribution is -2.49. The van der Waals surface area contributed by atoms with Crippen molar-refractivity contribution < 1.29 is 19.1 Å². The van der Waals surface area contributed by atoms with Gasteiger partial charge < -0.3 is 9.47 Å². The molecule has 0 aliphatic heterocycles. The maximum atomic E-state index is 12.4. The average molecular weight is 529 g/mol. The quantitative estimate of drug-likeness (QED) is 0.369. The van der Waals surface area contributed by atoms with E-state index in [4.69, 9.17) is 33.3 Å². The topological polar surface area (TPSA) is 88.7 Å². The fourth-order valence-electron chi connectivity index (χ4n) is 2.30. The second-order valence-corrected chi connectivity index (χ2v) is 8.70. The van der Waals surface area contributed by atoms with Crippen molar-refractivity contribution in [1.29, 1.82) is 0 Å². The van der Waals surface area contributed by atoms with E-state index >= 15 is 0 Å². The van der Waals surface area contributed by atoms with Gasteiger partial charge >= 0.3 is 0 Å². The molecule has 0 aliphatic rings. The van der Waals surface area contributed by atoms with E-state index < -0.39 is 11.8 Å². The largest absolute Gasteiger partial charge is 0.492 e. The van der Waals surface area contributed by atoms with Crippen LogP contribution in [-0.2, 0) is 4.79 Å². The Morgan fingerprint density at radius 1 is 1.10 bits per heavy atom. The Balaban J connectivity index is 1.79. The van der Waals surface area contributed by atoms with E-state index in [2.05, 4.69) is 32.1 Å². The number of hydrazine groups is 1. The minimum absolute atomic E-state index is 0.0581. The van der Waals surface area contributed by atoms with Crippen LogP contribution < -0.4 is 25.6 Å². The van der Waals surface area contributed by atoms with Gasteiger partial charge in [-0.2, -0.15) is 0 Å². The smallest absolute Gasteiger partial charge is 0.276 e. The number of thiocarbonyl (C=S) groups is 1. The SMILES string of the molecule is Cc1cc(Cl)ccc1OCC(=O)NNC(=S)NC(=O)c1ccc(OCC(C)C)c(Br)c1. The van der Waals surface area contributed by atoms with Crippen LogP contribution >= 0.6 is 39.7 Å². The molecule has 0 atom stereocenters. The van der Waals surface area contributed by atoms with Gasteiger partial charge in [-0.25, -0.2) is 0 Å². The molecule has 0 spiro atoms. The summed E-state index contributed by atoms with van der Waals surface area (Å²) < 4.78 is 11.8. The van der Waals surface area contributed by atoms with Crippen LogP contribution in [-0.4, -0.2) is 30.1 Å². The van der Waals surface area contributed by atoms with Gasteiger partial charge in [0.05, 0.1) is 11.1 Å². The highest BCUT2D eigenvalue weighted by molar-refractivity contribution is 9.10. The number of rotatable bonds is 7. The molecule has 0 aromatic heterocycles. The summed E-state index contributed by atoms with van der Waals surface area (Å²) in [7, 11) is 0. The lowest BCUT2D eigenvalue weighted by atomic mass is 10.2. The first kappa shape index (κ1) is 24.9. The number of halogens is 2. The van der Waals surface area contributed by atoms with E-state index in [1.165, 1.54) is 0 Å². The molecule has 31 heavy (non-hydrogen) atoms. The molecule has 3 N–H and O–H groups in total. The predicted octanol–water partition coefficient (Wildman–Crippen LogP) is 4.16. The molecule has 0 saturated heterocycles. The summed E-state index contributed by atoms with van der Waals surface area (Å²) >= 11 is 14.3. The summed E-state index contributed by atoms with van der Waals surface area (Å²) in [6, 6.07) is 10.1. The third-order valence-electron chi connectivity index (χ3n) is 3.80. The number of nitrogens with one attached hydrogen (secondary N) is 3. The van der Waals surface area contributed by atoms with Gasteiger partial charge in [-0.1, -0.05) is 25.4 Å². The van der Waals surface area contributed by atoms with E-state index in [-0.39, 0.29) is 11.7 Å². The van der Waals surface area contributed by atoms with Crippen molar-refractivity contribution in [3.63, 3.8) is 0 Å². The monoisotopic (exact) mass is 527 g/mol. The summed E-state index contributed by atoms with van der Waals surface area (Å²) in [5.41, 5.74) is 6.01. The predicted molar refractivity (Wildman–Crippen MR) is 128 cm³/mol. The Hall–Kier alpha value is -2.36. The molecule has 0 bridgehead atoms. The van der Waals surface area contributed by atoms with Crippen molar-refractivity contribution in [2.24, 2.45) is 5.92 Å². The number of aryl methyl sites for hydroxylation is 1. The highest BCUT2D eigenvalue weighted by Gasteiger charge is 2.12. The minimum Gasteiger partial charge on any atom is -0.492 e. The molecule has 0 saturated carbocycles. The number of hydrogen-bond acceptors (Lipinski definition) is 5. The fraction of sp³-hybridized carbons (Fsp3) is 0.286. The average Bonchev–Trinajstić information content (AvgIpc) is 2.70. The first-order valence-corrected chi connectivity index (χ1v) is 10.9. The molecule has 2 amide bonds. The zero-order chi connectivity index (χ0) is 23.0. The minimum atomic E-state index is -0.472. The number of amides is 2. The van der Waals surface area contributed by atoms with Crippen molar-refractivity contribution >= 4 is 56.7 Å². The Labute approximate surface area is 199 Å². The van der Waals surface area contributed by atoms with Crippen molar-refractivity contribution in [1.82, 2.24) is 16.2 Å². The Morgan fingerprint density at radius 2 is 1.81 bits per heavy atom. The molecule has 2 aromatic rings. The van der Waals surface area contributed by atoms with Crippen LogP contribution in [0.5, 0.6) is 11.5 Å². The molecule has 2 aromatic carbocycles. The number of hydrogen-bond donors (Lipinski definition) is 3. The summed E-state index contributed by atoms with van der Waals surface area (Å²) in [4.78, 5) is 24.3. The standard InChI is InChI=1S/C21H23BrClN3O4S/c1-12(2)10-29-18-6-4-14(9-16(18)22)20(28)24-21(31)26-25-19(27)11-30-17-7-5-15(23)8-13(17)3/h4-9,12H,10-11H2,1-3H3,(H,25,27)(H2,24,26,28,31). The molecular formula is C21H23BrClN3O4S. The maximum absolute atomic E-state index is 12.4. The molecule has 0 fully saturated rings. The number of carbonyl (C=O) groups excluding carboxylic acids is 2. The Bertz CT molecular complexity index is 972. The van der Waals surface area contributed by atoms with Gasteiger partial charge in [-0.15, -0.1) is 0 Å². The van der Waals surface area contributed by atoms with Crippen molar-refractivity contribution in [2.45, 2.75) is 20.8 Å². The first-order chi connectivity index (χ1) is 14.7. The van der Waals surface area contributed by atoms with Gasteiger partial charge in [0.2, 0.25) is 0 Å². The molecule has 0 unspecified atom stereocenters. The third-order valence-corrected chi connectivity index (χ3v) is 4.86. The number of benzene rings is 2. The molecular weight excluding hydrogens is 506 g/mol. The second-order valence-electron chi connectivity index (χ2n) is 7.00. The number of carbonyl (C=O) groups is 2. The molecule has 2 rings (SSSR count). The van der Waals surface area contributed by atoms with Gasteiger partial charge in [-0.3, -0.25) is 25.8 Å². The lowest BCUT2D eigenvalue weighted by molar-refractivity contribution is -0.123. The van der Waals surface area contributed by atoms with Gasteiger partial charge in [0.15, 0.2) is 11.7 Å². The van der Waals surface area contributed by atoms with Gasteiger partial charge in [0, 0.05) is 10.6 Å². The van der Waals surface area contributed by atoms with Crippen LogP contribution in [0.15, 0.2) is 40.9 Å². The van der Waals surface area contributed by atoms with Crippen LogP contribution in [0.2, 0.25) is 5.02 Å². The van der Waals surface area contributed by atoms with Gasteiger partial charge in [0.25, 0.3) is 11.8 Å². The third kappa shape index (κ3) is 8.35. The zero-order valence-corrected chi connectivity index (χ0v) is 20.4. The summed E-state index contributed by atoms with van der Waals surface area (Å²) in [5.74, 6) is 0.668. The zero-order valence-electron chi connectivity index (χ0n) is 17.3. The van der Waals surface area contributed by atoms with E-state index in [1.807, 2.05) is 20.8 Å². The summed E-state index contributed by atoms with van der Waals surface area (Å²) in [5, 5.41) is 3.01. The van der Waals surface area contributed by atoms with Gasteiger partial charge in [-0.05, 0) is 83.0 Å². The lowest BCUT2D eigenvalue weighted by Gasteiger charge is -2.13. The summed E-state index contributed by atoms with van der Waals surface area (Å²) in [6.07, 6.45) is 0. The molecule has 0 radical (unpaired) electrons. The van der Waals surface area contributed by atoms with E-state index in [1.54, 1.807) is 36.4 Å². The van der Waals surface area contributed by atoms with Crippen LogP contribution in [0.1, 0.15) is 29.8 Å². The second kappa shape index (κ2) is 11.9. The Kier molecular flexibility index (Phi) is 9.54. The van der Waals surface area contributed by atoms with Crippen LogP contribution in [0.3, 0.4) is 0 Å². The molecule has 10 heteroatoms. The normalized spacial score (nSPS) is 10.4. The highest BCUT2D eigenvalue weighted by atomic mass is 79.9. The summed E-state index contributed by atoms with van der Waals surface area (Å²) in [6.45, 7) is 6.25. The van der Waals surface area contributed by atoms with Crippen molar-refractivity contribution in [3.05, 3.63) is 57.0 Å². The first-order valence-electron chi connectivity index (χ1n) is 9.37. The van der Waals surface area contributed by atoms with Crippen LogP contribution in [0.25, 0.3) is 0 Å². The van der Waals surface area contributed by atoms with E-state index in [9.17, 15) is 9.59 Å². The number of ether oxygens (including phenoxy) is 2. The van der Waals surface area contributed by atoms with Crippen LogP contribution in [0, 0.1) is 12.8 Å². The van der Waals surface area contributed by atoms with Crippen molar-refractivity contribution in [2.75, 3.05) is 13.2 Å². The van der Waals surface area contributed by atoms with Crippen molar-refractivity contribution in [3.8, 4) is 11.5 Å². The molecule has 7 nitrogen and oxygen atoms in total. The fourth-order valence-corrected chi connectivity index (χ4v) is 3.17. The van der Waals surface area contributed by atoms with Crippen LogP contribution in [0.4, 0.5) is 0 Å². The molecule has 166 valence electrons. The maximum Gasteiger partial charge on any atom is 0.276 e. The molecule has 0 heterocycles. The Morgan fingerprint density at radius 3 is 2.45 bits per heavy atom. The van der Waals surface area contributed by atoms with E-state index in [0.29, 0.717) is 39.1 Å². The van der Waals surface area contributed by atoms with Gasteiger partial charge in [0.1, 0.15) is 11.5 Å². The van der Waals surface area contributed by atoms with E-state index in [0.717, 1.165) is 5.56 Å². The highest BCUT2D eigenvalue weighted by Crippen LogP contribution is 2.26.